The number of carbonyl (C=O) groups excluding carboxylic acids is 2. The average Bonchev–Trinajstić information content (AvgIpc) is 2.75. The third-order valence-electron chi connectivity index (χ3n) is 5.26. The summed E-state index contributed by atoms with van der Waals surface area (Å²) < 4.78 is 5.30. The molecule has 1 fully saturated rings. The van der Waals surface area contributed by atoms with Gasteiger partial charge in [-0.3, -0.25) is 4.79 Å². The minimum Gasteiger partial charge on any atom is -0.378 e. The Morgan fingerprint density at radius 3 is 2.52 bits per heavy atom. The van der Waals surface area contributed by atoms with Gasteiger partial charge in [0.1, 0.15) is 0 Å². The van der Waals surface area contributed by atoms with E-state index in [9.17, 15) is 9.59 Å². The molecule has 0 aromatic heterocycles. The molecule has 164 valence electrons. The highest BCUT2D eigenvalue weighted by Gasteiger charge is 2.24. The van der Waals surface area contributed by atoms with Crippen molar-refractivity contribution >= 4 is 34.8 Å². The number of halogens is 1. The Labute approximate surface area is 188 Å². The molecule has 6 nitrogen and oxygen atoms in total. The standard InChI is InChI=1S/C24H28ClN3O3/c1-16(2)17-6-5-7-18(14-17)24(3,4)27-23(30)26-19-8-9-21(25)20(15-19)22(29)28-10-12-31-13-11-28/h5-9,14-15H,1,10-13H2,2-4H3,(H2,26,27,30). The molecule has 0 radical (unpaired) electrons. The van der Waals surface area contributed by atoms with Crippen LogP contribution in [-0.4, -0.2) is 43.1 Å². The molecule has 0 spiro atoms. The largest absolute Gasteiger partial charge is 0.378 e. The van der Waals surface area contributed by atoms with Crippen LogP contribution in [0.15, 0.2) is 49.0 Å². The molecule has 2 aromatic rings. The molecule has 1 aliphatic heterocycles. The number of allylic oxidation sites excluding steroid dienone is 1. The fourth-order valence-corrected chi connectivity index (χ4v) is 3.59. The summed E-state index contributed by atoms with van der Waals surface area (Å²) in [7, 11) is 0. The Kier molecular flexibility index (Phi) is 7.03. The first-order valence-electron chi connectivity index (χ1n) is 10.2. The molecule has 3 rings (SSSR count). The Balaban J connectivity index is 1.72. The van der Waals surface area contributed by atoms with Crippen molar-refractivity contribution in [1.29, 1.82) is 0 Å². The smallest absolute Gasteiger partial charge is 0.319 e. The maximum atomic E-state index is 12.8. The molecule has 2 aromatic carbocycles. The fraction of sp³-hybridized carbons (Fsp3) is 0.333. The lowest BCUT2D eigenvalue weighted by molar-refractivity contribution is 0.0303. The molecular weight excluding hydrogens is 414 g/mol. The molecule has 0 aliphatic carbocycles. The lowest BCUT2D eigenvalue weighted by Crippen LogP contribution is -2.43. The van der Waals surface area contributed by atoms with Crippen LogP contribution in [0.25, 0.3) is 5.57 Å². The van der Waals surface area contributed by atoms with Crippen molar-refractivity contribution in [2.45, 2.75) is 26.3 Å². The average molecular weight is 442 g/mol. The number of hydrogen-bond donors (Lipinski definition) is 2. The Hall–Kier alpha value is -2.83. The lowest BCUT2D eigenvalue weighted by Gasteiger charge is -2.28. The lowest BCUT2D eigenvalue weighted by atomic mass is 9.92. The van der Waals surface area contributed by atoms with E-state index in [0.29, 0.717) is 42.6 Å². The van der Waals surface area contributed by atoms with E-state index in [0.717, 1.165) is 16.7 Å². The van der Waals surface area contributed by atoms with Gasteiger partial charge in [-0.1, -0.05) is 42.0 Å². The van der Waals surface area contributed by atoms with Crippen LogP contribution >= 0.6 is 11.6 Å². The van der Waals surface area contributed by atoms with Gasteiger partial charge in [-0.25, -0.2) is 4.79 Å². The minimum atomic E-state index is -0.617. The second-order valence-electron chi connectivity index (χ2n) is 8.16. The summed E-state index contributed by atoms with van der Waals surface area (Å²) in [6, 6.07) is 12.4. The minimum absolute atomic E-state index is 0.172. The first kappa shape index (κ1) is 22.8. The quantitative estimate of drug-likeness (QED) is 0.693. The Bertz CT molecular complexity index is 997. The third kappa shape index (κ3) is 5.66. The maximum Gasteiger partial charge on any atom is 0.319 e. The van der Waals surface area contributed by atoms with Gasteiger partial charge in [0.25, 0.3) is 5.91 Å². The van der Waals surface area contributed by atoms with E-state index in [-0.39, 0.29) is 11.9 Å². The molecule has 3 amide bonds. The van der Waals surface area contributed by atoms with E-state index in [1.165, 1.54) is 0 Å². The van der Waals surface area contributed by atoms with E-state index in [1.807, 2.05) is 45.0 Å². The van der Waals surface area contributed by atoms with E-state index in [2.05, 4.69) is 17.2 Å². The van der Waals surface area contributed by atoms with Crippen LogP contribution in [0.4, 0.5) is 10.5 Å². The van der Waals surface area contributed by atoms with Gasteiger partial charge < -0.3 is 20.3 Å². The van der Waals surface area contributed by atoms with Crippen molar-refractivity contribution in [3.8, 4) is 0 Å². The third-order valence-corrected chi connectivity index (χ3v) is 5.59. The van der Waals surface area contributed by atoms with Crippen molar-refractivity contribution in [3.05, 3.63) is 70.8 Å². The van der Waals surface area contributed by atoms with Gasteiger partial charge in [0.05, 0.1) is 29.3 Å². The number of anilines is 1. The number of ether oxygens (including phenoxy) is 1. The predicted molar refractivity (Wildman–Crippen MR) is 125 cm³/mol. The number of amides is 3. The van der Waals surface area contributed by atoms with Crippen molar-refractivity contribution in [3.63, 3.8) is 0 Å². The highest BCUT2D eigenvalue weighted by Crippen LogP contribution is 2.25. The van der Waals surface area contributed by atoms with E-state index in [4.69, 9.17) is 16.3 Å². The molecule has 1 aliphatic rings. The summed E-state index contributed by atoms with van der Waals surface area (Å²) in [5, 5.41) is 6.14. The van der Waals surface area contributed by atoms with Crippen LogP contribution in [0.3, 0.4) is 0 Å². The summed E-state index contributed by atoms with van der Waals surface area (Å²) in [5.74, 6) is -0.172. The normalized spacial score (nSPS) is 14.1. The summed E-state index contributed by atoms with van der Waals surface area (Å²) in [6.07, 6.45) is 0. The number of urea groups is 1. The predicted octanol–water partition coefficient (Wildman–Crippen LogP) is 4.90. The van der Waals surface area contributed by atoms with Crippen molar-refractivity contribution < 1.29 is 14.3 Å². The highest BCUT2D eigenvalue weighted by molar-refractivity contribution is 6.34. The van der Waals surface area contributed by atoms with Crippen LogP contribution in [0.5, 0.6) is 0 Å². The van der Waals surface area contributed by atoms with E-state index >= 15 is 0 Å². The SMILES string of the molecule is C=C(C)c1cccc(C(C)(C)NC(=O)Nc2ccc(Cl)c(C(=O)N3CCOCC3)c2)c1. The second-order valence-corrected chi connectivity index (χ2v) is 8.57. The maximum absolute atomic E-state index is 12.8. The van der Waals surface area contributed by atoms with Gasteiger partial charge in [0.2, 0.25) is 0 Å². The molecule has 0 atom stereocenters. The van der Waals surface area contributed by atoms with Gasteiger partial charge in [-0.2, -0.15) is 0 Å². The second kappa shape index (κ2) is 9.54. The van der Waals surface area contributed by atoms with E-state index in [1.54, 1.807) is 23.1 Å². The molecule has 0 saturated carbocycles. The molecule has 0 bridgehead atoms. The van der Waals surface area contributed by atoms with Crippen LogP contribution in [-0.2, 0) is 10.3 Å². The molecule has 0 unspecified atom stereocenters. The van der Waals surface area contributed by atoms with Gasteiger partial charge >= 0.3 is 6.03 Å². The monoisotopic (exact) mass is 441 g/mol. The number of rotatable bonds is 5. The van der Waals surface area contributed by atoms with Crippen LogP contribution in [0, 0.1) is 0 Å². The number of benzene rings is 2. The summed E-state index contributed by atoms with van der Waals surface area (Å²) in [4.78, 5) is 27.2. The summed E-state index contributed by atoms with van der Waals surface area (Å²) in [5.41, 5.74) is 3.17. The van der Waals surface area contributed by atoms with Crippen molar-refractivity contribution in [1.82, 2.24) is 10.2 Å². The van der Waals surface area contributed by atoms with Crippen molar-refractivity contribution in [2.75, 3.05) is 31.6 Å². The van der Waals surface area contributed by atoms with Gasteiger partial charge in [-0.15, -0.1) is 0 Å². The van der Waals surface area contributed by atoms with Crippen LogP contribution in [0.1, 0.15) is 42.3 Å². The Morgan fingerprint density at radius 2 is 1.84 bits per heavy atom. The zero-order valence-corrected chi connectivity index (χ0v) is 18.9. The van der Waals surface area contributed by atoms with Gasteiger partial charge in [0, 0.05) is 18.8 Å². The van der Waals surface area contributed by atoms with Crippen LogP contribution in [0.2, 0.25) is 5.02 Å². The summed E-state index contributed by atoms with van der Waals surface area (Å²) >= 11 is 6.26. The molecule has 1 saturated heterocycles. The van der Waals surface area contributed by atoms with Gasteiger partial charge in [0.15, 0.2) is 0 Å². The van der Waals surface area contributed by atoms with Crippen LogP contribution < -0.4 is 10.6 Å². The number of morpholine rings is 1. The number of hydrogen-bond acceptors (Lipinski definition) is 3. The fourth-order valence-electron chi connectivity index (χ4n) is 3.40. The topological polar surface area (TPSA) is 70.7 Å². The zero-order valence-electron chi connectivity index (χ0n) is 18.1. The summed E-state index contributed by atoms with van der Waals surface area (Å²) in [6.45, 7) is 11.8. The first-order valence-corrected chi connectivity index (χ1v) is 10.6. The molecule has 31 heavy (non-hydrogen) atoms. The van der Waals surface area contributed by atoms with E-state index < -0.39 is 5.54 Å². The van der Waals surface area contributed by atoms with Gasteiger partial charge in [-0.05, 0) is 56.2 Å². The zero-order chi connectivity index (χ0) is 22.6. The highest BCUT2D eigenvalue weighted by atomic mass is 35.5. The first-order chi connectivity index (χ1) is 14.7. The number of nitrogens with one attached hydrogen (secondary N) is 2. The van der Waals surface area contributed by atoms with Crippen molar-refractivity contribution in [2.24, 2.45) is 0 Å². The number of nitrogens with zero attached hydrogens (tertiary/aromatic N) is 1. The molecule has 7 heteroatoms. The Morgan fingerprint density at radius 1 is 1.13 bits per heavy atom. The molecule has 2 N–H and O–H groups in total. The number of carbonyl (C=O) groups is 2. The molecule has 1 heterocycles. The molecular formula is C24H28ClN3O3.